The highest BCUT2D eigenvalue weighted by molar-refractivity contribution is 6.33. The first-order chi connectivity index (χ1) is 8.91. The van der Waals surface area contributed by atoms with Gasteiger partial charge in [-0.15, -0.1) is 0 Å². The van der Waals surface area contributed by atoms with E-state index in [0.717, 1.165) is 12.8 Å². The molecule has 1 N–H and O–H groups in total. The third-order valence-corrected chi connectivity index (χ3v) is 2.98. The molecule has 104 valence electrons. The fourth-order valence-electron chi connectivity index (χ4n) is 1.61. The molecule has 0 atom stereocenters. The van der Waals surface area contributed by atoms with Gasteiger partial charge in [-0.3, -0.25) is 14.9 Å². The molecule has 0 aliphatic rings. The minimum absolute atomic E-state index is 0.139. The van der Waals surface area contributed by atoms with Crippen molar-refractivity contribution in [2.45, 2.75) is 26.7 Å². The van der Waals surface area contributed by atoms with Gasteiger partial charge in [0.05, 0.1) is 15.5 Å². The van der Waals surface area contributed by atoms with Gasteiger partial charge in [0.15, 0.2) is 0 Å². The Morgan fingerprint density at radius 3 is 2.74 bits per heavy atom. The molecule has 19 heavy (non-hydrogen) atoms. The SMILES string of the molecule is CC(C)CCCNC(=O)c1cc([N+](=O)[O-])ccc1Cl. The first kappa shape index (κ1) is 15.4. The van der Waals surface area contributed by atoms with Crippen LogP contribution in [-0.4, -0.2) is 17.4 Å². The van der Waals surface area contributed by atoms with Crippen LogP contribution in [0.2, 0.25) is 5.02 Å². The number of hydrogen-bond donors (Lipinski definition) is 1. The van der Waals surface area contributed by atoms with Crippen molar-refractivity contribution in [1.29, 1.82) is 0 Å². The number of non-ortho nitro benzene ring substituents is 1. The predicted molar refractivity (Wildman–Crippen MR) is 74.5 cm³/mol. The fourth-order valence-corrected chi connectivity index (χ4v) is 1.81. The lowest BCUT2D eigenvalue weighted by atomic mass is 10.1. The number of nitrogens with zero attached hydrogens (tertiary/aromatic N) is 1. The molecule has 0 aromatic heterocycles. The van der Waals surface area contributed by atoms with Crippen LogP contribution in [0.15, 0.2) is 18.2 Å². The number of halogens is 1. The van der Waals surface area contributed by atoms with Crippen LogP contribution >= 0.6 is 11.6 Å². The smallest absolute Gasteiger partial charge is 0.270 e. The van der Waals surface area contributed by atoms with Gasteiger partial charge in [-0.1, -0.05) is 25.4 Å². The van der Waals surface area contributed by atoms with E-state index in [1.54, 1.807) is 0 Å². The van der Waals surface area contributed by atoms with Gasteiger partial charge in [0.25, 0.3) is 11.6 Å². The van der Waals surface area contributed by atoms with Gasteiger partial charge in [-0.2, -0.15) is 0 Å². The van der Waals surface area contributed by atoms with E-state index in [1.807, 2.05) is 0 Å². The molecule has 0 unspecified atom stereocenters. The van der Waals surface area contributed by atoms with E-state index >= 15 is 0 Å². The number of amides is 1. The molecule has 6 heteroatoms. The number of hydrogen-bond acceptors (Lipinski definition) is 3. The summed E-state index contributed by atoms with van der Waals surface area (Å²) in [5.74, 6) is 0.204. The first-order valence-corrected chi connectivity index (χ1v) is 6.51. The first-order valence-electron chi connectivity index (χ1n) is 6.14. The Bertz CT molecular complexity index is 475. The normalized spacial score (nSPS) is 10.5. The molecule has 0 saturated carbocycles. The fraction of sp³-hybridized carbons (Fsp3) is 0.462. The molecule has 0 aliphatic heterocycles. The Hall–Kier alpha value is -1.62. The standard InChI is InChI=1S/C13H17ClN2O3/c1-9(2)4-3-7-15-13(17)11-8-10(16(18)19)5-6-12(11)14/h5-6,8-9H,3-4,7H2,1-2H3,(H,15,17). The van der Waals surface area contributed by atoms with Crippen LogP contribution in [0.1, 0.15) is 37.0 Å². The Labute approximate surface area is 117 Å². The minimum atomic E-state index is -0.550. The highest BCUT2D eigenvalue weighted by Crippen LogP contribution is 2.21. The molecule has 0 spiro atoms. The zero-order valence-corrected chi connectivity index (χ0v) is 11.7. The molecule has 0 aliphatic carbocycles. The molecular weight excluding hydrogens is 268 g/mol. The van der Waals surface area contributed by atoms with Crippen LogP contribution in [0.3, 0.4) is 0 Å². The molecule has 1 rings (SSSR count). The number of nitrogens with one attached hydrogen (secondary N) is 1. The largest absolute Gasteiger partial charge is 0.352 e. The highest BCUT2D eigenvalue weighted by Gasteiger charge is 2.15. The van der Waals surface area contributed by atoms with Gasteiger partial charge < -0.3 is 5.32 Å². The number of rotatable bonds is 6. The maximum Gasteiger partial charge on any atom is 0.270 e. The van der Waals surface area contributed by atoms with Crippen molar-refractivity contribution in [1.82, 2.24) is 5.32 Å². The Morgan fingerprint density at radius 2 is 2.16 bits per heavy atom. The van der Waals surface area contributed by atoms with Gasteiger partial charge in [0.1, 0.15) is 0 Å². The summed E-state index contributed by atoms with van der Waals surface area (Å²) in [6, 6.07) is 3.83. The van der Waals surface area contributed by atoms with Gasteiger partial charge in [-0.05, 0) is 24.8 Å². The lowest BCUT2D eigenvalue weighted by molar-refractivity contribution is -0.384. The average Bonchev–Trinajstić information content (AvgIpc) is 2.34. The van der Waals surface area contributed by atoms with Crippen LogP contribution in [-0.2, 0) is 0 Å². The van der Waals surface area contributed by atoms with Crippen molar-refractivity contribution in [3.63, 3.8) is 0 Å². The molecule has 0 radical (unpaired) electrons. The zero-order valence-electron chi connectivity index (χ0n) is 11.0. The van der Waals surface area contributed by atoms with Crippen LogP contribution < -0.4 is 5.32 Å². The van der Waals surface area contributed by atoms with E-state index in [1.165, 1.54) is 18.2 Å². The number of nitro benzene ring substituents is 1. The zero-order chi connectivity index (χ0) is 14.4. The van der Waals surface area contributed by atoms with Crippen LogP contribution in [0.4, 0.5) is 5.69 Å². The molecule has 0 saturated heterocycles. The van der Waals surface area contributed by atoms with Crippen molar-refractivity contribution in [2.24, 2.45) is 5.92 Å². The summed E-state index contributed by atoms with van der Waals surface area (Å²) in [7, 11) is 0. The molecule has 1 aromatic carbocycles. The van der Waals surface area contributed by atoms with E-state index in [4.69, 9.17) is 11.6 Å². The molecule has 1 aromatic rings. The summed E-state index contributed by atoms with van der Waals surface area (Å²) in [5.41, 5.74) is -0.00264. The van der Waals surface area contributed by atoms with E-state index < -0.39 is 4.92 Å². The number of nitro groups is 1. The molecule has 1 amide bonds. The summed E-state index contributed by atoms with van der Waals surface area (Å²) in [6.45, 7) is 4.76. The number of benzene rings is 1. The third-order valence-electron chi connectivity index (χ3n) is 2.65. The molecule has 5 nitrogen and oxygen atoms in total. The van der Waals surface area contributed by atoms with E-state index in [2.05, 4.69) is 19.2 Å². The number of carbonyl (C=O) groups excluding carboxylic acids is 1. The van der Waals surface area contributed by atoms with Crippen molar-refractivity contribution in [3.8, 4) is 0 Å². The van der Waals surface area contributed by atoms with E-state index in [9.17, 15) is 14.9 Å². The summed E-state index contributed by atoms with van der Waals surface area (Å²) in [5, 5.41) is 13.6. The van der Waals surface area contributed by atoms with Crippen molar-refractivity contribution in [3.05, 3.63) is 38.9 Å². The van der Waals surface area contributed by atoms with Gasteiger partial charge in [-0.25, -0.2) is 0 Å². The van der Waals surface area contributed by atoms with Gasteiger partial charge >= 0.3 is 0 Å². The van der Waals surface area contributed by atoms with E-state index in [0.29, 0.717) is 12.5 Å². The second-order valence-electron chi connectivity index (χ2n) is 4.71. The Kier molecular flexibility index (Phi) is 5.76. The van der Waals surface area contributed by atoms with Crippen LogP contribution in [0.25, 0.3) is 0 Å². The van der Waals surface area contributed by atoms with Crippen LogP contribution in [0.5, 0.6) is 0 Å². The summed E-state index contributed by atoms with van der Waals surface area (Å²) in [4.78, 5) is 22.0. The Balaban J connectivity index is 2.66. The Morgan fingerprint density at radius 1 is 1.47 bits per heavy atom. The van der Waals surface area contributed by atoms with Crippen molar-refractivity contribution >= 4 is 23.2 Å². The van der Waals surface area contributed by atoms with Crippen molar-refractivity contribution < 1.29 is 9.72 Å². The molecule has 0 fully saturated rings. The van der Waals surface area contributed by atoms with Gasteiger partial charge in [0, 0.05) is 18.7 Å². The second-order valence-corrected chi connectivity index (χ2v) is 5.12. The lowest BCUT2D eigenvalue weighted by Gasteiger charge is -2.08. The number of carbonyl (C=O) groups is 1. The molecule has 0 bridgehead atoms. The minimum Gasteiger partial charge on any atom is -0.352 e. The molecule has 0 heterocycles. The predicted octanol–water partition coefficient (Wildman–Crippen LogP) is 3.41. The lowest BCUT2D eigenvalue weighted by Crippen LogP contribution is -2.25. The maximum absolute atomic E-state index is 11.9. The highest BCUT2D eigenvalue weighted by atomic mass is 35.5. The van der Waals surface area contributed by atoms with E-state index in [-0.39, 0.29) is 22.2 Å². The second kappa shape index (κ2) is 7.09. The topological polar surface area (TPSA) is 72.2 Å². The average molecular weight is 285 g/mol. The monoisotopic (exact) mass is 284 g/mol. The summed E-state index contributed by atoms with van der Waals surface area (Å²) >= 11 is 5.88. The maximum atomic E-state index is 11.9. The quantitative estimate of drug-likeness (QED) is 0.494. The van der Waals surface area contributed by atoms with Gasteiger partial charge in [0.2, 0.25) is 0 Å². The molecular formula is C13H17ClN2O3. The summed E-state index contributed by atoms with van der Waals surface area (Å²) < 4.78 is 0. The third kappa shape index (κ3) is 4.87. The van der Waals surface area contributed by atoms with Crippen molar-refractivity contribution in [2.75, 3.05) is 6.54 Å². The summed E-state index contributed by atoms with van der Waals surface area (Å²) in [6.07, 6.45) is 1.89. The van der Waals surface area contributed by atoms with Crippen LogP contribution in [0, 0.1) is 16.0 Å².